The van der Waals surface area contributed by atoms with Gasteiger partial charge < -0.3 is 15.5 Å². The van der Waals surface area contributed by atoms with E-state index in [0.29, 0.717) is 12.5 Å². The quantitative estimate of drug-likeness (QED) is 0.654. The highest BCUT2D eigenvalue weighted by atomic mass is 35.5. The van der Waals surface area contributed by atoms with E-state index in [2.05, 4.69) is 30.5 Å². The number of rotatable bonds is 5. The van der Waals surface area contributed by atoms with Gasteiger partial charge in [-0.2, -0.15) is 0 Å². The van der Waals surface area contributed by atoms with Crippen LogP contribution in [0.4, 0.5) is 11.6 Å². The first-order valence-electron chi connectivity index (χ1n) is 6.79. The van der Waals surface area contributed by atoms with Crippen molar-refractivity contribution in [2.45, 2.75) is 0 Å². The number of aliphatic imine (C=N–C) groups is 1. The van der Waals surface area contributed by atoms with Crippen LogP contribution in [0.25, 0.3) is 0 Å². The summed E-state index contributed by atoms with van der Waals surface area (Å²) in [6, 6.07) is 11.4. The normalized spacial score (nSPS) is 9.77. The van der Waals surface area contributed by atoms with Crippen LogP contribution in [0.15, 0.2) is 53.8 Å². The molecule has 118 valence electrons. The van der Waals surface area contributed by atoms with E-state index in [1.165, 1.54) is 0 Å². The van der Waals surface area contributed by atoms with E-state index in [9.17, 15) is 0 Å². The largest absolute Gasteiger partial charge is 0.311 e. The van der Waals surface area contributed by atoms with Crippen molar-refractivity contribution in [3.8, 4) is 0 Å². The number of halogens is 1. The molecule has 0 radical (unpaired) electrons. The second kappa shape index (κ2) is 9.70. The van der Waals surface area contributed by atoms with Crippen LogP contribution in [0.5, 0.6) is 0 Å². The van der Waals surface area contributed by atoms with Gasteiger partial charge in [-0.05, 0) is 38.4 Å². The number of hydrogen-bond acceptors (Lipinski definition) is 4. The van der Waals surface area contributed by atoms with E-state index in [-0.39, 0.29) is 12.4 Å². The maximum atomic E-state index is 4.53. The van der Waals surface area contributed by atoms with Crippen molar-refractivity contribution in [1.29, 1.82) is 0 Å². The summed E-state index contributed by atoms with van der Waals surface area (Å²) in [5.41, 5.74) is 0. The molecule has 0 spiro atoms. The Morgan fingerprint density at radius 2 is 1.55 bits per heavy atom. The number of hydrogen-bond donors (Lipinski definition) is 2. The Hall–Kier alpha value is -2.18. The third-order valence-corrected chi connectivity index (χ3v) is 2.64. The molecular weight excluding hydrogens is 300 g/mol. The highest BCUT2D eigenvalue weighted by Gasteiger charge is 2.02. The smallest absolute Gasteiger partial charge is 0.202 e. The molecule has 0 aliphatic heterocycles. The van der Waals surface area contributed by atoms with Gasteiger partial charge in [0.25, 0.3) is 0 Å². The van der Waals surface area contributed by atoms with Crippen LogP contribution < -0.4 is 10.6 Å². The Bertz CT molecular complexity index is 515. The van der Waals surface area contributed by atoms with E-state index in [4.69, 9.17) is 0 Å². The lowest BCUT2D eigenvalue weighted by molar-refractivity contribution is 0.420. The fraction of sp³-hybridized carbons (Fsp3) is 0.267. The first-order chi connectivity index (χ1) is 10.2. The number of guanidine groups is 1. The highest BCUT2D eigenvalue weighted by Crippen LogP contribution is 2.04. The van der Waals surface area contributed by atoms with Gasteiger partial charge in [0, 0.05) is 18.9 Å². The molecule has 0 amide bonds. The van der Waals surface area contributed by atoms with Gasteiger partial charge in [0.2, 0.25) is 5.96 Å². The zero-order valence-corrected chi connectivity index (χ0v) is 13.5. The average molecular weight is 321 g/mol. The van der Waals surface area contributed by atoms with Gasteiger partial charge in [-0.15, -0.1) is 12.4 Å². The summed E-state index contributed by atoms with van der Waals surface area (Å²) in [6.07, 6.45) is 3.47. The Balaban J connectivity index is 0.00000242. The first kappa shape index (κ1) is 17.9. The van der Waals surface area contributed by atoms with E-state index >= 15 is 0 Å². The third kappa shape index (κ3) is 6.51. The maximum Gasteiger partial charge on any atom is 0.202 e. The van der Waals surface area contributed by atoms with Crippen LogP contribution in [-0.2, 0) is 0 Å². The van der Waals surface area contributed by atoms with Gasteiger partial charge in [-0.25, -0.2) is 9.97 Å². The van der Waals surface area contributed by atoms with Crippen LogP contribution in [0.2, 0.25) is 0 Å². The lowest BCUT2D eigenvalue weighted by atomic mass is 10.4. The Labute approximate surface area is 137 Å². The van der Waals surface area contributed by atoms with E-state index < -0.39 is 0 Å². The molecule has 6 nitrogen and oxygen atoms in total. The van der Waals surface area contributed by atoms with Crippen LogP contribution >= 0.6 is 12.4 Å². The molecule has 0 aliphatic carbocycles. The van der Waals surface area contributed by atoms with Gasteiger partial charge in [0.05, 0.1) is 6.54 Å². The van der Waals surface area contributed by atoms with Gasteiger partial charge >= 0.3 is 0 Å². The first-order valence-corrected chi connectivity index (χ1v) is 6.79. The fourth-order valence-corrected chi connectivity index (χ4v) is 1.59. The Morgan fingerprint density at radius 3 is 1.95 bits per heavy atom. The molecule has 0 aliphatic rings. The fourth-order valence-electron chi connectivity index (χ4n) is 1.59. The summed E-state index contributed by atoms with van der Waals surface area (Å²) in [4.78, 5) is 15.1. The second-order valence-electron chi connectivity index (χ2n) is 4.71. The zero-order valence-electron chi connectivity index (χ0n) is 12.7. The molecule has 2 rings (SSSR count). The van der Waals surface area contributed by atoms with Crippen molar-refractivity contribution < 1.29 is 0 Å². The van der Waals surface area contributed by atoms with Crippen LogP contribution in [-0.4, -0.2) is 48.0 Å². The van der Waals surface area contributed by atoms with Crippen molar-refractivity contribution in [2.75, 3.05) is 37.8 Å². The minimum atomic E-state index is 0. The van der Waals surface area contributed by atoms with Crippen molar-refractivity contribution in [3.05, 3.63) is 48.8 Å². The van der Waals surface area contributed by atoms with Gasteiger partial charge in [-0.1, -0.05) is 12.1 Å². The number of pyridine rings is 2. The molecule has 0 atom stereocenters. The SMILES string of the molecule is CN(C)CCN=C(Nc1ccccn1)Nc1ccccn1.Cl. The monoisotopic (exact) mass is 320 g/mol. The van der Waals surface area contributed by atoms with Gasteiger partial charge in [0.1, 0.15) is 11.6 Å². The summed E-state index contributed by atoms with van der Waals surface area (Å²) >= 11 is 0. The summed E-state index contributed by atoms with van der Waals surface area (Å²) in [5, 5.41) is 6.34. The number of anilines is 2. The molecule has 0 saturated heterocycles. The Kier molecular flexibility index (Phi) is 7.88. The summed E-state index contributed by atoms with van der Waals surface area (Å²) < 4.78 is 0. The van der Waals surface area contributed by atoms with Crippen LogP contribution in [0.3, 0.4) is 0 Å². The second-order valence-corrected chi connectivity index (χ2v) is 4.71. The van der Waals surface area contributed by atoms with Crippen molar-refractivity contribution in [2.24, 2.45) is 4.99 Å². The number of nitrogens with zero attached hydrogens (tertiary/aromatic N) is 4. The van der Waals surface area contributed by atoms with Crippen LogP contribution in [0.1, 0.15) is 0 Å². The molecule has 7 heteroatoms. The number of likely N-dealkylation sites (N-methyl/N-ethyl adjacent to an activating group) is 1. The lowest BCUT2D eigenvalue weighted by Gasteiger charge is -2.12. The summed E-state index contributed by atoms with van der Waals surface area (Å²) in [5.74, 6) is 2.11. The minimum absolute atomic E-state index is 0. The molecule has 22 heavy (non-hydrogen) atoms. The predicted octanol–water partition coefficient (Wildman–Crippen LogP) is 2.34. The molecule has 0 aromatic carbocycles. The summed E-state index contributed by atoms with van der Waals surface area (Å²) in [7, 11) is 4.04. The molecule has 2 heterocycles. The average Bonchev–Trinajstić information content (AvgIpc) is 2.49. The number of nitrogens with one attached hydrogen (secondary N) is 2. The van der Waals surface area contributed by atoms with Crippen molar-refractivity contribution in [3.63, 3.8) is 0 Å². The van der Waals surface area contributed by atoms with Gasteiger partial charge in [0.15, 0.2) is 0 Å². The molecule has 2 aromatic heterocycles. The number of aromatic nitrogens is 2. The molecule has 0 saturated carbocycles. The lowest BCUT2D eigenvalue weighted by Crippen LogP contribution is -2.25. The molecule has 2 aromatic rings. The standard InChI is InChI=1S/C15H20N6.ClH/c1-21(2)12-11-18-15(19-13-7-3-5-9-16-13)20-14-8-4-6-10-17-14;/h3-10H,11-12H2,1-2H3,(H2,16,17,18,19,20);1H. The zero-order chi connectivity index (χ0) is 14.9. The molecular formula is C15H21ClN6. The summed E-state index contributed by atoms with van der Waals surface area (Å²) in [6.45, 7) is 1.55. The van der Waals surface area contributed by atoms with Gasteiger partial charge in [-0.3, -0.25) is 4.99 Å². The Morgan fingerprint density at radius 1 is 1.00 bits per heavy atom. The van der Waals surface area contributed by atoms with E-state index in [1.54, 1.807) is 12.4 Å². The minimum Gasteiger partial charge on any atom is -0.311 e. The molecule has 0 bridgehead atoms. The topological polar surface area (TPSA) is 65.4 Å². The molecule has 2 N–H and O–H groups in total. The van der Waals surface area contributed by atoms with Crippen LogP contribution in [0, 0.1) is 0 Å². The highest BCUT2D eigenvalue weighted by molar-refractivity contribution is 6.02. The molecule has 0 fully saturated rings. The van der Waals surface area contributed by atoms with Crippen molar-refractivity contribution in [1.82, 2.24) is 14.9 Å². The maximum absolute atomic E-state index is 4.53. The van der Waals surface area contributed by atoms with Crippen molar-refractivity contribution >= 4 is 30.0 Å². The van der Waals surface area contributed by atoms with E-state index in [1.807, 2.05) is 50.5 Å². The van der Waals surface area contributed by atoms with E-state index in [0.717, 1.165) is 18.2 Å². The third-order valence-electron chi connectivity index (χ3n) is 2.64. The predicted molar refractivity (Wildman–Crippen MR) is 93.8 cm³/mol. The molecule has 0 unspecified atom stereocenters.